The van der Waals surface area contributed by atoms with Crippen LogP contribution in [-0.2, 0) is 6.42 Å². The van der Waals surface area contributed by atoms with E-state index in [-0.39, 0.29) is 0 Å². The van der Waals surface area contributed by atoms with E-state index in [2.05, 4.69) is 27.7 Å². The van der Waals surface area contributed by atoms with Gasteiger partial charge in [0, 0.05) is 25.4 Å². The third-order valence-corrected chi connectivity index (χ3v) is 2.21. The molecule has 0 spiro atoms. The molecule has 0 unspecified atom stereocenters. The fourth-order valence-electron chi connectivity index (χ4n) is 1.47. The zero-order valence-corrected chi connectivity index (χ0v) is 7.91. The van der Waals surface area contributed by atoms with Gasteiger partial charge in [-0.3, -0.25) is 0 Å². The maximum Gasteiger partial charge on any atom is 0.112 e. The van der Waals surface area contributed by atoms with Gasteiger partial charge < -0.3 is 9.72 Å². The van der Waals surface area contributed by atoms with E-state index in [1.807, 2.05) is 25.5 Å². The molecule has 0 saturated carbocycles. The minimum atomic E-state index is 0.965. The Bertz CT molecular complexity index is 417. The molecule has 0 aliphatic carbocycles. The molecule has 68 valence electrons. The monoisotopic (exact) mass is 175 g/mol. The highest BCUT2D eigenvalue weighted by Gasteiger charge is 2.00. The molecule has 3 heteroatoms. The van der Waals surface area contributed by atoms with Crippen molar-refractivity contribution >= 4 is 11.2 Å². The lowest BCUT2D eigenvalue weighted by molar-refractivity contribution is 0.934. The maximum atomic E-state index is 4.32. The van der Waals surface area contributed by atoms with Gasteiger partial charge in [-0.25, -0.2) is 4.98 Å². The molecule has 0 amide bonds. The lowest BCUT2D eigenvalue weighted by Crippen LogP contribution is -1.93. The van der Waals surface area contributed by atoms with Crippen LogP contribution in [0.15, 0.2) is 24.5 Å². The van der Waals surface area contributed by atoms with Gasteiger partial charge in [0.15, 0.2) is 0 Å². The topological polar surface area (TPSA) is 29.3 Å². The Morgan fingerprint density at radius 1 is 1.54 bits per heavy atom. The van der Waals surface area contributed by atoms with E-state index in [0.29, 0.717) is 0 Å². The Labute approximate surface area is 77.4 Å². The molecule has 0 atom stereocenters. The molecular formula is C10H13N3. The van der Waals surface area contributed by atoms with E-state index in [9.17, 15) is 0 Å². The summed E-state index contributed by atoms with van der Waals surface area (Å²) in [5.74, 6) is 1.11. The summed E-state index contributed by atoms with van der Waals surface area (Å²) in [7, 11) is 1.92. The minimum Gasteiger partial charge on any atom is -0.388 e. The summed E-state index contributed by atoms with van der Waals surface area (Å²) < 4.78 is 2.11. The average Bonchev–Trinajstić information content (AvgIpc) is 2.59. The molecular weight excluding hydrogens is 162 g/mol. The van der Waals surface area contributed by atoms with Crippen LogP contribution in [0.25, 0.3) is 5.52 Å². The number of aromatic nitrogens is 2. The Balaban J connectivity index is 2.61. The van der Waals surface area contributed by atoms with Crippen molar-refractivity contribution in [2.24, 2.45) is 0 Å². The van der Waals surface area contributed by atoms with Gasteiger partial charge in [0.05, 0.1) is 11.7 Å². The summed E-state index contributed by atoms with van der Waals surface area (Å²) in [6, 6.07) is 4.14. The van der Waals surface area contributed by atoms with Crippen molar-refractivity contribution in [3.05, 3.63) is 30.4 Å². The van der Waals surface area contributed by atoms with Crippen molar-refractivity contribution in [3.8, 4) is 0 Å². The number of nitrogens with one attached hydrogen (secondary N) is 1. The number of nitrogens with zero attached hydrogens (tertiary/aromatic N) is 2. The first kappa shape index (κ1) is 8.10. The molecule has 0 aliphatic heterocycles. The molecule has 13 heavy (non-hydrogen) atoms. The number of hydrogen-bond acceptors (Lipinski definition) is 2. The van der Waals surface area contributed by atoms with Gasteiger partial charge in [0.2, 0.25) is 0 Å². The zero-order chi connectivity index (χ0) is 9.26. The number of rotatable bonds is 2. The normalized spacial score (nSPS) is 10.6. The van der Waals surface area contributed by atoms with Gasteiger partial charge in [-0.1, -0.05) is 6.92 Å². The Hall–Kier alpha value is -1.51. The third-order valence-electron chi connectivity index (χ3n) is 2.21. The van der Waals surface area contributed by atoms with Crippen LogP contribution in [0.2, 0.25) is 0 Å². The first-order chi connectivity index (χ1) is 6.35. The fraction of sp³-hybridized carbons (Fsp3) is 0.300. The molecule has 1 N–H and O–H groups in total. The summed E-state index contributed by atoms with van der Waals surface area (Å²) in [6.07, 6.45) is 4.92. The smallest absolute Gasteiger partial charge is 0.112 e. The van der Waals surface area contributed by atoms with Crippen molar-refractivity contribution in [3.63, 3.8) is 0 Å². The highest BCUT2D eigenvalue weighted by molar-refractivity contribution is 5.57. The number of aryl methyl sites for hydroxylation is 1. The number of anilines is 1. The Morgan fingerprint density at radius 2 is 2.38 bits per heavy atom. The predicted octanol–water partition coefficient (Wildman–Crippen LogP) is 1.94. The molecule has 2 aromatic heterocycles. The van der Waals surface area contributed by atoms with E-state index in [1.54, 1.807) is 0 Å². The van der Waals surface area contributed by atoms with E-state index in [4.69, 9.17) is 0 Å². The molecule has 2 heterocycles. The number of fused-ring (bicyclic) bond motifs is 1. The van der Waals surface area contributed by atoms with Crippen LogP contribution in [0.1, 0.15) is 12.7 Å². The van der Waals surface area contributed by atoms with Crippen LogP contribution in [0.4, 0.5) is 5.69 Å². The van der Waals surface area contributed by atoms with Crippen LogP contribution in [0, 0.1) is 0 Å². The molecule has 0 radical (unpaired) electrons. The maximum absolute atomic E-state index is 4.32. The van der Waals surface area contributed by atoms with Crippen LogP contribution >= 0.6 is 0 Å². The molecule has 2 rings (SSSR count). The molecule has 0 saturated heterocycles. The van der Waals surface area contributed by atoms with E-state index >= 15 is 0 Å². The van der Waals surface area contributed by atoms with Gasteiger partial charge in [-0.2, -0.15) is 0 Å². The molecule has 0 aliphatic rings. The summed E-state index contributed by atoms with van der Waals surface area (Å²) >= 11 is 0. The van der Waals surface area contributed by atoms with Gasteiger partial charge in [-0.05, 0) is 12.1 Å². The summed E-state index contributed by atoms with van der Waals surface area (Å²) in [5, 5.41) is 3.11. The second-order valence-electron chi connectivity index (χ2n) is 2.99. The van der Waals surface area contributed by atoms with Crippen molar-refractivity contribution in [1.82, 2.24) is 9.38 Å². The van der Waals surface area contributed by atoms with Gasteiger partial charge >= 0.3 is 0 Å². The van der Waals surface area contributed by atoms with Gasteiger partial charge in [0.25, 0.3) is 0 Å². The van der Waals surface area contributed by atoms with Crippen molar-refractivity contribution in [2.45, 2.75) is 13.3 Å². The quantitative estimate of drug-likeness (QED) is 0.755. The van der Waals surface area contributed by atoms with Crippen molar-refractivity contribution < 1.29 is 0 Å². The van der Waals surface area contributed by atoms with E-state index in [0.717, 1.165) is 23.4 Å². The fourth-order valence-corrected chi connectivity index (χ4v) is 1.47. The lowest BCUT2D eigenvalue weighted by atomic mass is 10.3. The van der Waals surface area contributed by atoms with E-state index in [1.165, 1.54) is 0 Å². The average molecular weight is 175 g/mol. The highest BCUT2D eigenvalue weighted by atomic mass is 15.0. The minimum absolute atomic E-state index is 0.965. The molecule has 0 bridgehead atoms. The second-order valence-corrected chi connectivity index (χ2v) is 2.99. The lowest BCUT2D eigenvalue weighted by Gasteiger charge is -2.01. The SMILES string of the molecule is CCc1ncc2cc(NC)ccn12. The largest absolute Gasteiger partial charge is 0.388 e. The second kappa shape index (κ2) is 3.09. The third kappa shape index (κ3) is 1.26. The number of hydrogen-bond donors (Lipinski definition) is 1. The van der Waals surface area contributed by atoms with E-state index < -0.39 is 0 Å². The molecule has 2 aromatic rings. The van der Waals surface area contributed by atoms with Crippen LogP contribution < -0.4 is 5.32 Å². The number of pyridine rings is 1. The Morgan fingerprint density at radius 3 is 3.08 bits per heavy atom. The van der Waals surface area contributed by atoms with Crippen molar-refractivity contribution in [1.29, 1.82) is 0 Å². The van der Waals surface area contributed by atoms with Crippen LogP contribution in [0.5, 0.6) is 0 Å². The predicted molar refractivity (Wildman–Crippen MR) is 54.1 cm³/mol. The zero-order valence-electron chi connectivity index (χ0n) is 7.91. The summed E-state index contributed by atoms with van der Waals surface area (Å²) in [5.41, 5.74) is 2.26. The summed E-state index contributed by atoms with van der Waals surface area (Å²) in [6.45, 7) is 2.11. The Kier molecular flexibility index (Phi) is 1.93. The first-order valence-corrected chi connectivity index (χ1v) is 4.49. The van der Waals surface area contributed by atoms with Gasteiger partial charge in [0.1, 0.15) is 5.82 Å². The molecule has 0 fully saturated rings. The molecule has 3 nitrogen and oxygen atoms in total. The summed E-state index contributed by atoms with van der Waals surface area (Å²) in [4.78, 5) is 4.32. The number of imidazole rings is 1. The first-order valence-electron chi connectivity index (χ1n) is 4.49. The van der Waals surface area contributed by atoms with Gasteiger partial charge in [-0.15, -0.1) is 0 Å². The van der Waals surface area contributed by atoms with Crippen LogP contribution in [0.3, 0.4) is 0 Å². The highest BCUT2D eigenvalue weighted by Crippen LogP contribution is 2.13. The van der Waals surface area contributed by atoms with Crippen molar-refractivity contribution in [2.75, 3.05) is 12.4 Å². The van der Waals surface area contributed by atoms with Crippen LogP contribution in [-0.4, -0.2) is 16.4 Å². The standard InChI is InChI=1S/C10H13N3/c1-3-10-12-7-9-6-8(11-2)4-5-13(9)10/h4-7,11H,3H2,1-2H3. The molecule has 0 aromatic carbocycles.